The van der Waals surface area contributed by atoms with Crippen molar-refractivity contribution in [3.8, 4) is 11.3 Å². The fourth-order valence-corrected chi connectivity index (χ4v) is 4.41. The Balaban J connectivity index is 1.28. The fraction of sp³-hybridized carbons (Fsp3) is 0.346. The van der Waals surface area contributed by atoms with Gasteiger partial charge in [0, 0.05) is 55.4 Å². The van der Waals surface area contributed by atoms with Gasteiger partial charge in [-0.15, -0.1) is 0 Å². The molecule has 0 saturated carbocycles. The number of nitrogens with one attached hydrogen (secondary N) is 2. The van der Waals surface area contributed by atoms with Crippen molar-refractivity contribution in [2.75, 3.05) is 42.9 Å². The van der Waals surface area contributed by atoms with Crippen molar-refractivity contribution >= 4 is 22.7 Å². The van der Waals surface area contributed by atoms with Gasteiger partial charge in [-0.05, 0) is 61.3 Å². The van der Waals surface area contributed by atoms with Gasteiger partial charge in [-0.25, -0.2) is 9.50 Å². The molecule has 0 aliphatic carbocycles. The molecule has 34 heavy (non-hydrogen) atoms. The SMILES string of the molecule is CC(C)CCN1CCN(c2ccc(Nc3ccc(-c4cc[nH]c(=O)c4)n4ncnc34)cc2)CC1. The number of anilines is 3. The van der Waals surface area contributed by atoms with Crippen LogP contribution in [-0.2, 0) is 0 Å². The van der Waals surface area contributed by atoms with Crippen molar-refractivity contribution in [3.05, 3.63) is 71.4 Å². The van der Waals surface area contributed by atoms with Gasteiger partial charge in [0.2, 0.25) is 5.56 Å². The number of piperazine rings is 1. The summed E-state index contributed by atoms with van der Waals surface area (Å²) in [5.74, 6) is 0.760. The minimum absolute atomic E-state index is 0.148. The lowest BCUT2D eigenvalue weighted by Gasteiger charge is -2.36. The number of nitrogens with zero attached hydrogens (tertiary/aromatic N) is 5. The normalized spacial score (nSPS) is 14.7. The van der Waals surface area contributed by atoms with Crippen LogP contribution in [0, 0.1) is 5.92 Å². The molecule has 1 aromatic carbocycles. The van der Waals surface area contributed by atoms with E-state index in [0.717, 1.165) is 54.7 Å². The number of aromatic amines is 1. The highest BCUT2D eigenvalue weighted by Crippen LogP contribution is 2.27. The van der Waals surface area contributed by atoms with Crippen molar-refractivity contribution in [1.29, 1.82) is 0 Å². The van der Waals surface area contributed by atoms with Crippen LogP contribution in [-0.4, -0.2) is 57.2 Å². The van der Waals surface area contributed by atoms with E-state index in [9.17, 15) is 4.79 Å². The highest BCUT2D eigenvalue weighted by atomic mass is 16.1. The van der Waals surface area contributed by atoms with E-state index in [2.05, 4.69) is 68.3 Å². The second-order valence-electron chi connectivity index (χ2n) is 9.25. The molecule has 5 rings (SSSR count). The molecule has 0 unspecified atom stereocenters. The summed E-state index contributed by atoms with van der Waals surface area (Å²) in [6.07, 6.45) is 4.44. The molecule has 4 aromatic rings. The van der Waals surface area contributed by atoms with Gasteiger partial charge in [0.15, 0.2) is 5.65 Å². The predicted molar refractivity (Wildman–Crippen MR) is 137 cm³/mol. The first kappa shape index (κ1) is 22.2. The van der Waals surface area contributed by atoms with E-state index in [-0.39, 0.29) is 5.56 Å². The van der Waals surface area contributed by atoms with Crippen molar-refractivity contribution in [1.82, 2.24) is 24.5 Å². The number of hydrogen-bond acceptors (Lipinski definition) is 6. The molecule has 0 bridgehead atoms. The van der Waals surface area contributed by atoms with Crippen LogP contribution >= 0.6 is 0 Å². The molecule has 4 heterocycles. The topological polar surface area (TPSA) is 81.6 Å². The van der Waals surface area contributed by atoms with Crippen molar-refractivity contribution in [2.24, 2.45) is 5.92 Å². The predicted octanol–water partition coefficient (Wildman–Crippen LogP) is 4.00. The first-order chi connectivity index (χ1) is 16.6. The molecule has 1 aliphatic heterocycles. The maximum Gasteiger partial charge on any atom is 0.248 e. The maximum atomic E-state index is 11.7. The zero-order valence-corrected chi connectivity index (χ0v) is 19.7. The lowest BCUT2D eigenvalue weighted by molar-refractivity contribution is 0.244. The van der Waals surface area contributed by atoms with E-state index in [1.54, 1.807) is 16.8 Å². The third kappa shape index (κ3) is 4.82. The Morgan fingerprint density at radius 2 is 1.82 bits per heavy atom. The standard InChI is InChI=1S/C26H31N7O/c1-19(2)10-12-31-13-15-32(16-14-31)22-5-3-21(4-6-22)30-23-7-8-24(33-26(23)28-18-29-33)20-9-11-27-25(34)17-20/h3-9,11,17-19,30H,10,12-16H2,1-2H3,(H,27,34). The van der Waals surface area contributed by atoms with Crippen LogP contribution in [0.5, 0.6) is 0 Å². The number of pyridine rings is 2. The highest BCUT2D eigenvalue weighted by Gasteiger charge is 2.17. The van der Waals surface area contributed by atoms with Crippen molar-refractivity contribution in [3.63, 3.8) is 0 Å². The second-order valence-corrected chi connectivity index (χ2v) is 9.25. The summed E-state index contributed by atoms with van der Waals surface area (Å²) < 4.78 is 1.75. The number of H-pyrrole nitrogens is 1. The first-order valence-electron chi connectivity index (χ1n) is 11.9. The molecule has 1 aliphatic rings. The Labute approximate surface area is 199 Å². The zero-order valence-electron chi connectivity index (χ0n) is 19.7. The summed E-state index contributed by atoms with van der Waals surface area (Å²) in [5, 5.41) is 7.84. The summed E-state index contributed by atoms with van der Waals surface area (Å²) in [6, 6.07) is 15.9. The molecule has 0 amide bonds. The first-order valence-corrected chi connectivity index (χ1v) is 11.9. The van der Waals surface area contributed by atoms with Gasteiger partial charge in [0.25, 0.3) is 0 Å². The van der Waals surface area contributed by atoms with Gasteiger partial charge in [-0.1, -0.05) is 13.8 Å². The maximum absolute atomic E-state index is 11.7. The quantitative estimate of drug-likeness (QED) is 0.437. The van der Waals surface area contributed by atoms with Crippen LogP contribution < -0.4 is 15.8 Å². The fourth-order valence-electron chi connectivity index (χ4n) is 4.41. The molecular weight excluding hydrogens is 426 g/mol. The number of rotatable bonds is 7. The minimum atomic E-state index is -0.148. The molecule has 1 saturated heterocycles. The molecule has 0 spiro atoms. The van der Waals surface area contributed by atoms with Crippen LogP contribution in [0.2, 0.25) is 0 Å². The molecular formula is C26H31N7O. The largest absolute Gasteiger partial charge is 0.369 e. The van der Waals surface area contributed by atoms with Gasteiger partial charge < -0.3 is 15.2 Å². The Hall–Kier alpha value is -3.65. The van der Waals surface area contributed by atoms with Crippen LogP contribution in [0.15, 0.2) is 65.8 Å². The number of hydrogen-bond donors (Lipinski definition) is 2. The van der Waals surface area contributed by atoms with E-state index in [1.165, 1.54) is 25.0 Å². The monoisotopic (exact) mass is 457 g/mol. The lowest BCUT2D eigenvalue weighted by Crippen LogP contribution is -2.46. The van der Waals surface area contributed by atoms with Crippen LogP contribution in [0.1, 0.15) is 20.3 Å². The molecule has 8 nitrogen and oxygen atoms in total. The summed E-state index contributed by atoms with van der Waals surface area (Å²) in [7, 11) is 0. The molecule has 0 atom stereocenters. The van der Waals surface area contributed by atoms with E-state index in [1.807, 2.05) is 18.2 Å². The Bertz CT molecular complexity index is 1300. The number of aromatic nitrogens is 4. The molecule has 3 aromatic heterocycles. The average molecular weight is 458 g/mol. The summed E-state index contributed by atoms with van der Waals surface area (Å²) in [6.45, 7) is 10.2. The third-order valence-corrected chi connectivity index (χ3v) is 6.40. The van der Waals surface area contributed by atoms with Gasteiger partial charge >= 0.3 is 0 Å². The van der Waals surface area contributed by atoms with Crippen LogP contribution in [0.25, 0.3) is 16.9 Å². The van der Waals surface area contributed by atoms with Gasteiger partial charge in [-0.2, -0.15) is 5.10 Å². The molecule has 176 valence electrons. The highest BCUT2D eigenvalue weighted by molar-refractivity contribution is 5.77. The second kappa shape index (κ2) is 9.69. The van der Waals surface area contributed by atoms with Crippen LogP contribution in [0.3, 0.4) is 0 Å². The van der Waals surface area contributed by atoms with Crippen LogP contribution in [0.4, 0.5) is 17.1 Å². The average Bonchev–Trinajstić information content (AvgIpc) is 3.34. The lowest BCUT2D eigenvalue weighted by atomic mass is 10.1. The Morgan fingerprint density at radius 1 is 1.03 bits per heavy atom. The number of benzene rings is 1. The summed E-state index contributed by atoms with van der Waals surface area (Å²) in [4.78, 5) is 23.9. The number of fused-ring (bicyclic) bond motifs is 1. The molecule has 8 heteroatoms. The van der Waals surface area contributed by atoms with Crippen molar-refractivity contribution < 1.29 is 0 Å². The van der Waals surface area contributed by atoms with E-state index < -0.39 is 0 Å². The van der Waals surface area contributed by atoms with E-state index in [4.69, 9.17) is 0 Å². The molecule has 1 fully saturated rings. The molecule has 0 radical (unpaired) electrons. The van der Waals surface area contributed by atoms with E-state index >= 15 is 0 Å². The smallest absolute Gasteiger partial charge is 0.248 e. The summed E-state index contributed by atoms with van der Waals surface area (Å²) in [5.41, 5.74) is 5.27. The molecule has 2 N–H and O–H groups in total. The summed E-state index contributed by atoms with van der Waals surface area (Å²) >= 11 is 0. The van der Waals surface area contributed by atoms with Gasteiger partial charge in [0.05, 0.1) is 11.4 Å². The Morgan fingerprint density at radius 3 is 2.56 bits per heavy atom. The van der Waals surface area contributed by atoms with Gasteiger partial charge in [0.1, 0.15) is 6.33 Å². The minimum Gasteiger partial charge on any atom is -0.369 e. The Kier molecular flexibility index (Phi) is 6.31. The van der Waals surface area contributed by atoms with Crippen molar-refractivity contribution in [2.45, 2.75) is 20.3 Å². The zero-order chi connectivity index (χ0) is 23.5. The van der Waals surface area contributed by atoms with E-state index in [0.29, 0.717) is 5.65 Å². The third-order valence-electron chi connectivity index (χ3n) is 6.40. The van der Waals surface area contributed by atoms with Gasteiger partial charge in [-0.3, -0.25) is 9.69 Å².